The third-order valence-electron chi connectivity index (χ3n) is 17.5. The molecule has 2 aromatic heterocycles. The molecule has 3 aliphatic rings. The lowest BCUT2D eigenvalue weighted by Crippen LogP contribution is -2.41. The third-order valence-corrected chi connectivity index (χ3v) is 18.6. The Labute approximate surface area is 596 Å². The number of fused-ring (bicyclic) bond motifs is 2. The number of rotatable bonds is 20. The van der Waals surface area contributed by atoms with E-state index < -0.39 is 64.7 Å². The quantitative estimate of drug-likeness (QED) is 0.0136. The molecule has 14 nitrogen and oxygen atoms in total. The van der Waals surface area contributed by atoms with Gasteiger partial charge in [0.15, 0.2) is 12.5 Å². The summed E-state index contributed by atoms with van der Waals surface area (Å²) >= 11 is 1.62. The predicted octanol–water partition coefficient (Wildman–Crippen LogP) is 19.8. The first-order chi connectivity index (χ1) is 47.5. The summed E-state index contributed by atoms with van der Waals surface area (Å²) in [6, 6.07) is 33.7. The molecule has 5 heterocycles. The van der Waals surface area contributed by atoms with E-state index in [-0.39, 0.29) is 39.9 Å². The number of hydrogen-bond donors (Lipinski definition) is 0. The molecule has 0 N–H and O–H groups in total. The van der Waals surface area contributed by atoms with Gasteiger partial charge in [-0.1, -0.05) is 62.4 Å². The topological polar surface area (TPSA) is 144 Å². The minimum absolute atomic E-state index is 0.0510. The van der Waals surface area contributed by atoms with Crippen molar-refractivity contribution in [3.63, 3.8) is 0 Å². The average Bonchev–Trinajstić information content (AvgIpc) is 1.55. The van der Waals surface area contributed by atoms with E-state index in [1.165, 1.54) is 36.4 Å². The molecule has 6 aromatic carbocycles. The summed E-state index contributed by atoms with van der Waals surface area (Å²) in [6.45, 7) is 25.1. The van der Waals surface area contributed by atoms with Crippen molar-refractivity contribution in [3.8, 4) is 11.5 Å². The van der Waals surface area contributed by atoms with Gasteiger partial charge in [0.2, 0.25) is 11.9 Å². The maximum atomic E-state index is 15.4. The smallest absolute Gasteiger partial charge is 0.491 e. The van der Waals surface area contributed by atoms with Crippen LogP contribution in [0, 0.1) is 38.7 Å². The van der Waals surface area contributed by atoms with E-state index in [4.69, 9.17) is 37.7 Å². The fraction of sp³-hybridized carbons (Fsp3) is 0.436. The number of aromatic nitrogens is 4. The standard InChI is InChI=1S/C36H48BFN2O6.C36H39F3N2O4.C6H3F2I/c1-9-28(37-45-35(5,6)36(7,8)46-37)32(24-15-18-26(19-16-24)42-22-12-14-31(41)44-34(2,3)4)25-17-20-29-27(23-25)33(38)39-40(29)30-13-10-11-21-43-30;1-5-26(34-28(37)10-8-11-29(34)38)33(23-14-17-25(18-15-23)43-21-9-13-32(42)45-36(2,3)4)24-16-19-30-27(22-24)35(39)40-41(30)31-12-6-7-20-44-31;7-4-2-1-3-5(8)6(4)9/h15-20,23,30H,9-14,21-22H2,1-8H3;8,10-11,14-19,22,31H,5-7,9,12-13,20-21H2,1-4H3;1-3H/b32-28+;33-26+;. The van der Waals surface area contributed by atoms with Crippen LogP contribution in [0.5, 0.6) is 11.5 Å². The van der Waals surface area contributed by atoms with E-state index in [0.717, 1.165) is 60.7 Å². The Hall–Kier alpha value is -7.51. The van der Waals surface area contributed by atoms with Gasteiger partial charge in [-0.05, 0) is 273 Å². The van der Waals surface area contributed by atoms with Crippen molar-refractivity contribution in [1.82, 2.24) is 19.6 Å². The van der Waals surface area contributed by atoms with E-state index >= 15 is 17.6 Å². The number of carbonyl (C=O) groups is 2. The monoisotopic (exact) mass is 1490 g/mol. The van der Waals surface area contributed by atoms with Crippen LogP contribution in [-0.4, -0.2) is 87.4 Å². The van der Waals surface area contributed by atoms with Crippen LogP contribution >= 0.6 is 22.6 Å². The van der Waals surface area contributed by atoms with Gasteiger partial charge in [-0.25, -0.2) is 26.9 Å². The Kier molecular flexibility index (Phi) is 25.7. The van der Waals surface area contributed by atoms with Gasteiger partial charge in [-0.2, -0.15) is 8.78 Å². The van der Waals surface area contributed by atoms with Crippen LogP contribution in [0.25, 0.3) is 38.5 Å². The highest BCUT2D eigenvalue weighted by molar-refractivity contribution is 14.1. The molecule has 0 aliphatic carbocycles. The van der Waals surface area contributed by atoms with Gasteiger partial charge in [0.25, 0.3) is 0 Å². The summed E-state index contributed by atoms with van der Waals surface area (Å²) < 4.78 is 136. The van der Waals surface area contributed by atoms with Crippen LogP contribution in [0.15, 0.2) is 127 Å². The molecule has 11 rings (SSSR count). The van der Waals surface area contributed by atoms with E-state index in [1.807, 2.05) is 137 Å². The second-order valence-corrected chi connectivity index (χ2v) is 29.0. The van der Waals surface area contributed by atoms with Crippen molar-refractivity contribution in [1.29, 1.82) is 0 Å². The molecule has 0 radical (unpaired) electrons. The fourth-order valence-electron chi connectivity index (χ4n) is 12.1. The van der Waals surface area contributed by atoms with Gasteiger partial charge < -0.3 is 37.7 Å². The molecule has 0 spiro atoms. The first-order valence-corrected chi connectivity index (χ1v) is 35.4. The molecular weight excluding hydrogens is 1400 g/mol. The van der Waals surface area contributed by atoms with E-state index in [0.29, 0.717) is 114 Å². The summed E-state index contributed by atoms with van der Waals surface area (Å²) in [5, 5.41) is 9.16. The van der Waals surface area contributed by atoms with Gasteiger partial charge in [0.05, 0.1) is 49.8 Å². The number of halogens is 7. The lowest BCUT2D eigenvalue weighted by Gasteiger charge is -2.32. The molecular formula is C78H90BF6IN4O10. The number of benzene rings is 6. The average molecular weight is 1500 g/mol. The Balaban J connectivity index is 0.000000207. The molecule has 8 aromatic rings. The number of hydrogen-bond acceptors (Lipinski definition) is 12. The molecule has 2 atom stereocenters. The predicted molar refractivity (Wildman–Crippen MR) is 385 cm³/mol. The van der Waals surface area contributed by atoms with E-state index in [2.05, 4.69) is 17.1 Å². The lowest BCUT2D eigenvalue weighted by atomic mass is 9.70. The highest BCUT2D eigenvalue weighted by Gasteiger charge is 2.52. The highest BCUT2D eigenvalue weighted by atomic mass is 127. The second kappa shape index (κ2) is 33.5. The first-order valence-electron chi connectivity index (χ1n) is 34.3. The van der Waals surface area contributed by atoms with Crippen molar-refractivity contribution >= 4 is 80.2 Å². The summed E-state index contributed by atoms with van der Waals surface area (Å²) in [5.74, 6) is -2.77. The molecule has 534 valence electrons. The van der Waals surface area contributed by atoms with Gasteiger partial charge in [0, 0.05) is 31.6 Å². The van der Waals surface area contributed by atoms with Gasteiger partial charge >= 0.3 is 19.1 Å². The zero-order chi connectivity index (χ0) is 72.3. The SMILES string of the molecule is CC/C(=C(/c1ccc(OCCCC(=O)OC(C)(C)C)cc1)c1ccc2c(c1)c(F)nn2C1CCCCO1)c1c(F)cccc1F.CC/C(B1OC(C)(C)C(C)(C)O1)=C(/c1ccc(OCCCC(=O)OC(C)(C)C)cc1)c1ccc2c(c1)c(F)nn2C1CCCCO1.Fc1cccc(F)c1I. The number of esters is 2. The zero-order valence-electron chi connectivity index (χ0n) is 59.1. The van der Waals surface area contributed by atoms with Crippen LogP contribution in [-0.2, 0) is 37.8 Å². The Morgan fingerprint density at radius 1 is 0.550 bits per heavy atom. The van der Waals surface area contributed by atoms with Gasteiger partial charge in [0.1, 0.15) is 46.0 Å². The van der Waals surface area contributed by atoms with Crippen molar-refractivity contribution in [2.24, 2.45) is 0 Å². The van der Waals surface area contributed by atoms with Crippen molar-refractivity contribution < 1.29 is 73.7 Å². The van der Waals surface area contributed by atoms with E-state index in [9.17, 15) is 18.4 Å². The molecule has 3 saturated heterocycles. The second-order valence-electron chi connectivity index (χ2n) is 27.9. The minimum atomic E-state index is -0.677. The van der Waals surface area contributed by atoms with Gasteiger partial charge in [-0.3, -0.25) is 9.59 Å². The van der Waals surface area contributed by atoms with Crippen LogP contribution in [0.1, 0.15) is 200 Å². The Morgan fingerprint density at radius 3 is 1.33 bits per heavy atom. The summed E-state index contributed by atoms with van der Waals surface area (Å²) in [6.07, 6.45) is 7.42. The zero-order valence-corrected chi connectivity index (χ0v) is 61.3. The Bertz CT molecular complexity index is 4150. The van der Waals surface area contributed by atoms with Crippen LogP contribution < -0.4 is 9.47 Å². The van der Waals surface area contributed by atoms with Crippen LogP contribution in [0.4, 0.5) is 26.3 Å². The number of nitrogens with zero attached hydrogens (tertiary/aromatic N) is 4. The van der Waals surface area contributed by atoms with Crippen molar-refractivity contribution in [3.05, 3.63) is 193 Å². The fourth-order valence-corrected chi connectivity index (χ4v) is 12.4. The largest absolute Gasteiger partial charge is 0.494 e. The molecule has 3 fully saturated rings. The Morgan fingerprint density at radius 2 is 0.950 bits per heavy atom. The van der Waals surface area contributed by atoms with Crippen LogP contribution in [0.2, 0.25) is 0 Å². The number of carbonyl (C=O) groups excluding carboxylic acids is 2. The molecule has 0 saturated carbocycles. The first kappa shape index (κ1) is 76.7. The maximum Gasteiger partial charge on any atom is 0.491 e. The number of allylic oxidation sites excluding steroid dienone is 2. The van der Waals surface area contributed by atoms with Crippen molar-refractivity contribution in [2.45, 2.75) is 195 Å². The molecule has 3 aliphatic heterocycles. The lowest BCUT2D eigenvalue weighted by molar-refractivity contribution is -0.156. The summed E-state index contributed by atoms with van der Waals surface area (Å²) in [7, 11) is -0.576. The van der Waals surface area contributed by atoms with E-state index in [1.54, 1.807) is 56.2 Å². The number of ether oxygens (including phenoxy) is 6. The maximum absolute atomic E-state index is 15.4. The molecule has 2 unspecified atom stereocenters. The van der Waals surface area contributed by atoms with Crippen molar-refractivity contribution in [2.75, 3.05) is 26.4 Å². The molecule has 0 bridgehead atoms. The third kappa shape index (κ3) is 19.4. The molecule has 0 amide bonds. The van der Waals surface area contributed by atoms with Crippen LogP contribution in [0.3, 0.4) is 0 Å². The highest BCUT2D eigenvalue weighted by Crippen LogP contribution is 2.44. The molecule has 22 heteroatoms. The molecule has 100 heavy (non-hydrogen) atoms. The minimum Gasteiger partial charge on any atom is -0.494 e. The summed E-state index contributed by atoms with van der Waals surface area (Å²) in [5.41, 5.74) is 5.04. The normalized spacial score (nSPS) is 17.3. The van der Waals surface area contributed by atoms with Gasteiger partial charge in [-0.15, -0.1) is 10.2 Å². The summed E-state index contributed by atoms with van der Waals surface area (Å²) in [4.78, 5) is 24.0.